The Hall–Kier alpha value is -3.61. The molecule has 0 aliphatic heterocycles. The lowest BCUT2D eigenvalue weighted by atomic mass is 10.0. The summed E-state index contributed by atoms with van der Waals surface area (Å²) >= 11 is 0. The van der Waals surface area contributed by atoms with Crippen LogP contribution in [0.4, 0.5) is 11.6 Å². The number of aryl methyl sites for hydroxylation is 1. The molecule has 0 saturated heterocycles. The average Bonchev–Trinajstić information content (AvgIpc) is 2.82. The summed E-state index contributed by atoms with van der Waals surface area (Å²) in [6.07, 6.45) is 2.70. The molecule has 0 aliphatic carbocycles. The predicted molar refractivity (Wildman–Crippen MR) is 132 cm³/mol. The van der Waals surface area contributed by atoms with Crippen molar-refractivity contribution in [1.82, 2.24) is 9.97 Å². The van der Waals surface area contributed by atoms with Gasteiger partial charge in [-0.15, -0.1) is 0 Å². The topological polar surface area (TPSA) is 87.6 Å². The van der Waals surface area contributed by atoms with Crippen molar-refractivity contribution in [3.8, 4) is 5.75 Å². The predicted octanol–water partition coefficient (Wildman–Crippen LogP) is 4.86. The number of ether oxygens (including phenoxy) is 1. The van der Waals surface area contributed by atoms with Gasteiger partial charge in [0.05, 0.1) is 17.8 Å². The molecule has 0 fully saturated rings. The molecule has 1 heterocycles. The Balaban J connectivity index is 1.55. The third kappa shape index (κ3) is 6.94. The maximum Gasteiger partial charge on any atom is 0.339 e. The molecule has 174 valence electrons. The molecular formula is C26H32N4O3. The van der Waals surface area contributed by atoms with Gasteiger partial charge in [-0.1, -0.05) is 50.2 Å². The van der Waals surface area contributed by atoms with E-state index in [-0.39, 0.29) is 5.56 Å². The molecule has 0 aliphatic rings. The molecule has 33 heavy (non-hydrogen) atoms. The van der Waals surface area contributed by atoms with E-state index < -0.39 is 5.97 Å². The second-order valence-electron chi connectivity index (χ2n) is 8.19. The molecule has 7 nitrogen and oxygen atoms in total. The molecule has 0 radical (unpaired) electrons. The van der Waals surface area contributed by atoms with Crippen LogP contribution in [0.15, 0.2) is 60.8 Å². The number of anilines is 2. The minimum absolute atomic E-state index is 0.144. The number of carboxylic acids is 1. The van der Waals surface area contributed by atoms with Crippen molar-refractivity contribution < 1.29 is 14.6 Å². The fourth-order valence-corrected chi connectivity index (χ4v) is 3.58. The van der Waals surface area contributed by atoms with E-state index in [0.717, 1.165) is 24.4 Å². The van der Waals surface area contributed by atoms with Crippen LogP contribution in [0.2, 0.25) is 0 Å². The zero-order valence-corrected chi connectivity index (χ0v) is 19.5. The van der Waals surface area contributed by atoms with Crippen molar-refractivity contribution in [2.24, 2.45) is 0 Å². The van der Waals surface area contributed by atoms with E-state index in [2.05, 4.69) is 52.2 Å². The molecule has 7 heteroatoms. The molecule has 0 amide bonds. The first kappa shape index (κ1) is 24.0. The van der Waals surface area contributed by atoms with Gasteiger partial charge in [-0.3, -0.25) is 0 Å². The van der Waals surface area contributed by atoms with Crippen LogP contribution in [0.5, 0.6) is 5.75 Å². The molecule has 0 atom stereocenters. The van der Waals surface area contributed by atoms with Gasteiger partial charge in [0.2, 0.25) is 5.95 Å². The number of benzene rings is 2. The van der Waals surface area contributed by atoms with Crippen molar-refractivity contribution in [3.05, 3.63) is 77.6 Å². The van der Waals surface area contributed by atoms with Gasteiger partial charge in [0.1, 0.15) is 12.4 Å². The molecule has 2 aromatic carbocycles. The van der Waals surface area contributed by atoms with Gasteiger partial charge < -0.3 is 20.1 Å². The number of aromatic nitrogens is 2. The second kappa shape index (κ2) is 11.9. The molecule has 0 spiro atoms. The molecule has 1 aromatic heterocycles. The Morgan fingerprint density at radius 2 is 1.85 bits per heavy atom. The highest BCUT2D eigenvalue weighted by atomic mass is 16.5. The molecule has 3 rings (SSSR count). The first-order chi connectivity index (χ1) is 16.0. The number of carboxylic acid groups (broad SMARTS) is 1. The highest BCUT2D eigenvalue weighted by molar-refractivity contribution is 5.88. The van der Waals surface area contributed by atoms with Gasteiger partial charge in [0.15, 0.2) is 0 Å². The normalized spacial score (nSPS) is 10.8. The Morgan fingerprint density at radius 3 is 2.58 bits per heavy atom. The second-order valence-corrected chi connectivity index (χ2v) is 8.19. The highest BCUT2D eigenvalue weighted by Gasteiger charge is 2.14. The Kier molecular flexibility index (Phi) is 8.63. The lowest BCUT2D eigenvalue weighted by Gasteiger charge is -2.19. The van der Waals surface area contributed by atoms with Crippen LogP contribution in [0.1, 0.15) is 47.8 Å². The third-order valence-corrected chi connectivity index (χ3v) is 5.39. The average molecular weight is 449 g/mol. The van der Waals surface area contributed by atoms with Gasteiger partial charge >= 0.3 is 5.97 Å². The first-order valence-corrected chi connectivity index (χ1v) is 11.3. The largest absolute Gasteiger partial charge is 0.491 e. The van der Waals surface area contributed by atoms with Crippen LogP contribution >= 0.6 is 0 Å². The Morgan fingerprint density at radius 1 is 1.12 bits per heavy atom. The van der Waals surface area contributed by atoms with Crippen molar-refractivity contribution in [1.29, 1.82) is 0 Å². The van der Waals surface area contributed by atoms with Gasteiger partial charge in [0.25, 0.3) is 0 Å². The van der Waals surface area contributed by atoms with Gasteiger partial charge in [-0.05, 0) is 42.5 Å². The number of para-hydroxylation sites is 2. The van der Waals surface area contributed by atoms with E-state index >= 15 is 0 Å². The number of aromatic carboxylic acids is 1. The zero-order chi connectivity index (χ0) is 23.6. The lowest BCUT2D eigenvalue weighted by molar-refractivity contribution is 0.0694. The van der Waals surface area contributed by atoms with E-state index in [1.807, 2.05) is 43.4 Å². The zero-order valence-electron chi connectivity index (χ0n) is 19.5. The number of rotatable bonds is 12. The maximum atomic E-state index is 11.6. The maximum absolute atomic E-state index is 11.6. The molecule has 2 N–H and O–H groups in total. The SMILES string of the molecule is CC(C)c1ccccc1OCCNc1ncc(C(=O)O)c(CCCN(C)c2ccccc2)n1. The molecular weight excluding hydrogens is 416 g/mol. The summed E-state index contributed by atoms with van der Waals surface area (Å²) in [4.78, 5) is 22.4. The quantitative estimate of drug-likeness (QED) is 0.383. The smallest absolute Gasteiger partial charge is 0.339 e. The molecule has 3 aromatic rings. The van der Waals surface area contributed by atoms with Crippen molar-refractivity contribution >= 4 is 17.6 Å². The van der Waals surface area contributed by atoms with Crippen LogP contribution < -0.4 is 15.0 Å². The summed E-state index contributed by atoms with van der Waals surface area (Å²) in [7, 11) is 2.03. The van der Waals surface area contributed by atoms with Gasteiger partial charge in [0, 0.05) is 25.5 Å². The fraction of sp³-hybridized carbons (Fsp3) is 0.346. The minimum atomic E-state index is -1.01. The summed E-state index contributed by atoms with van der Waals surface area (Å²) in [5.41, 5.74) is 2.97. The standard InChI is InChI=1S/C26H32N4O3/c1-19(2)21-12-7-8-14-24(21)33-17-15-27-26-28-18-22(25(31)32)23(29-26)13-9-16-30(3)20-10-5-4-6-11-20/h4-8,10-12,14,18-19H,9,13,15-17H2,1-3H3,(H,31,32)(H,27,28,29). The van der Waals surface area contributed by atoms with Gasteiger partial charge in [-0.25, -0.2) is 14.8 Å². The van der Waals surface area contributed by atoms with Crippen molar-refractivity contribution in [3.63, 3.8) is 0 Å². The highest BCUT2D eigenvalue weighted by Crippen LogP contribution is 2.25. The van der Waals surface area contributed by atoms with Crippen LogP contribution in [0.25, 0.3) is 0 Å². The summed E-state index contributed by atoms with van der Waals surface area (Å²) in [6.45, 7) is 6.02. The molecule has 0 bridgehead atoms. The summed E-state index contributed by atoms with van der Waals surface area (Å²) < 4.78 is 5.93. The third-order valence-electron chi connectivity index (χ3n) is 5.39. The van der Waals surface area contributed by atoms with E-state index in [1.165, 1.54) is 11.8 Å². The van der Waals surface area contributed by atoms with Crippen LogP contribution in [0.3, 0.4) is 0 Å². The van der Waals surface area contributed by atoms with Crippen LogP contribution in [0, 0.1) is 0 Å². The number of nitrogens with zero attached hydrogens (tertiary/aromatic N) is 3. The number of hydrogen-bond donors (Lipinski definition) is 2. The minimum Gasteiger partial charge on any atom is -0.491 e. The number of hydrogen-bond acceptors (Lipinski definition) is 6. The Bertz CT molecular complexity index is 1040. The number of carbonyl (C=O) groups is 1. The monoisotopic (exact) mass is 448 g/mol. The van der Waals surface area contributed by atoms with E-state index in [0.29, 0.717) is 37.1 Å². The Labute approximate surface area is 195 Å². The van der Waals surface area contributed by atoms with Crippen LogP contribution in [-0.4, -0.2) is 47.8 Å². The van der Waals surface area contributed by atoms with E-state index in [1.54, 1.807) is 0 Å². The lowest BCUT2D eigenvalue weighted by Crippen LogP contribution is -2.20. The summed E-state index contributed by atoms with van der Waals surface area (Å²) in [5, 5.41) is 12.7. The van der Waals surface area contributed by atoms with Gasteiger partial charge in [-0.2, -0.15) is 0 Å². The molecule has 0 saturated carbocycles. The molecule has 0 unspecified atom stereocenters. The van der Waals surface area contributed by atoms with Crippen LogP contribution in [-0.2, 0) is 6.42 Å². The summed E-state index contributed by atoms with van der Waals surface area (Å²) in [5.74, 6) is 0.651. The number of nitrogens with one attached hydrogen (secondary N) is 1. The first-order valence-electron chi connectivity index (χ1n) is 11.3. The van der Waals surface area contributed by atoms with Crippen molar-refractivity contribution in [2.75, 3.05) is 37.0 Å². The van der Waals surface area contributed by atoms with E-state index in [4.69, 9.17) is 4.74 Å². The van der Waals surface area contributed by atoms with E-state index in [9.17, 15) is 9.90 Å². The summed E-state index contributed by atoms with van der Waals surface area (Å²) in [6, 6.07) is 18.1. The fourth-order valence-electron chi connectivity index (χ4n) is 3.58. The van der Waals surface area contributed by atoms with Crippen molar-refractivity contribution in [2.45, 2.75) is 32.6 Å².